The maximum absolute atomic E-state index is 12.0. The number of alkyl halides is 3. The van der Waals surface area contributed by atoms with Gasteiger partial charge in [0, 0.05) is 39.8 Å². The van der Waals surface area contributed by atoms with Crippen molar-refractivity contribution in [2.24, 2.45) is 0 Å². The Hall–Kier alpha value is -2.33. The predicted molar refractivity (Wildman–Crippen MR) is 104 cm³/mol. The number of halogens is 3. The topological polar surface area (TPSA) is 82.1 Å². The van der Waals surface area contributed by atoms with Crippen molar-refractivity contribution < 1.29 is 32.6 Å². The Morgan fingerprint density at radius 1 is 1.27 bits per heavy atom. The minimum atomic E-state index is -5.08. The standard InChI is InChI=1S/C18H27N3O2.C2HF3O2/c1-13-6-8-14(9-7-13)11-21-12-15(19-18(22)20(2)3)17-16(21)5-4-10-23-17;3-2(4,5)1(6)7/h6-9,15-17H,4-5,10-12H2,1-3H3,(H,19,22);(H,6,7)/t15-,16-,17-;/m1./s1. The summed E-state index contributed by atoms with van der Waals surface area (Å²) in [5.74, 6) is -2.76. The number of carboxylic acid groups (broad SMARTS) is 1. The van der Waals surface area contributed by atoms with Crippen LogP contribution in [0.3, 0.4) is 0 Å². The van der Waals surface area contributed by atoms with E-state index in [1.54, 1.807) is 19.0 Å². The number of carboxylic acids is 1. The van der Waals surface area contributed by atoms with Crippen molar-refractivity contribution in [3.63, 3.8) is 0 Å². The lowest BCUT2D eigenvalue weighted by Gasteiger charge is -2.32. The number of amides is 2. The lowest BCUT2D eigenvalue weighted by molar-refractivity contribution is -0.192. The zero-order chi connectivity index (χ0) is 22.5. The van der Waals surface area contributed by atoms with Crippen molar-refractivity contribution in [1.82, 2.24) is 15.1 Å². The first kappa shape index (κ1) is 23.9. The number of rotatable bonds is 3. The normalized spacial score (nSPS) is 23.7. The van der Waals surface area contributed by atoms with Crippen LogP contribution in [0.15, 0.2) is 24.3 Å². The number of aryl methyl sites for hydroxylation is 1. The van der Waals surface area contributed by atoms with Gasteiger partial charge in [-0.05, 0) is 25.3 Å². The molecule has 3 atom stereocenters. The Morgan fingerprint density at radius 2 is 1.87 bits per heavy atom. The predicted octanol–water partition coefficient (Wildman–Crippen LogP) is 2.63. The molecule has 2 heterocycles. The molecular formula is C20H28F3N3O4. The van der Waals surface area contributed by atoms with Crippen LogP contribution in [0.5, 0.6) is 0 Å². The van der Waals surface area contributed by atoms with E-state index >= 15 is 0 Å². The molecule has 0 spiro atoms. The molecular weight excluding hydrogens is 403 g/mol. The number of carbonyl (C=O) groups is 2. The third-order valence-corrected chi connectivity index (χ3v) is 5.09. The molecule has 0 aromatic heterocycles. The van der Waals surface area contributed by atoms with Crippen LogP contribution in [-0.2, 0) is 16.1 Å². The number of nitrogens with one attached hydrogen (secondary N) is 1. The van der Waals surface area contributed by atoms with Crippen LogP contribution in [0.1, 0.15) is 24.0 Å². The van der Waals surface area contributed by atoms with Gasteiger partial charge in [0.2, 0.25) is 0 Å². The summed E-state index contributed by atoms with van der Waals surface area (Å²) >= 11 is 0. The SMILES string of the molecule is Cc1ccc(CN2C[C@@H](NC(=O)N(C)C)[C@H]3OCCC[C@H]32)cc1.O=C(O)C(F)(F)F. The second-order valence-corrected chi connectivity index (χ2v) is 7.71. The van der Waals surface area contributed by atoms with Gasteiger partial charge in [-0.3, -0.25) is 4.90 Å². The largest absolute Gasteiger partial charge is 0.490 e. The number of aliphatic carboxylic acids is 1. The summed E-state index contributed by atoms with van der Waals surface area (Å²) < 4.78 is 37.7. The van der Waals surface area contributed by atoms with Crippen molar-refractivity contribution in [2.75, 3.05) is 27.2 Å². The highest BCUT2D eigenvalue weighted by atomic mass is 19.4. The van der Waals surface area contributed by atoms with Crippen LogP contribution in [-0.4, -0.2) is 78.5 Å². The third-order valence-electron chi connectivity index (χ3n) is 5.09. The van der Waals surface area contributed by atoms with Crippen molar-refractivity contribution in [3.8, 4) is 0 Å². The van der Waals surface area contributed by atoms with E-state index in [-0.39, 0.29) is 18.2 Å². The first-order valence-corrected chi connectivity index (χ1v) is 9.68. The van der Waals surface area contributed by atoms with Crippen LogP contribution in [0.2, 0.25) is 0 Å². The summed E-state index contributed by atoms with van der Waals surface area (Å²) in [6.45, 7) is 4.67. The lowest BCUT2D eigenvalue weighted by atomic mass is 10.0. The van der Waals surface area contributed by atoms with E-state index in [1.165, 1.54) is 11.1 Å². The van der Waals surface area contributed by atoms with E-state index in [2.05, 4.69) is 41.4 Å². The molecule has 0 radical (unpaired) electrons. The molecule has 0 unspecified atom stereocenters. The average molecular weight is 431 g/mol. The molecule has 0 bridgehead atoms. The van der Waals surface area contributed by atoms with Gasteiger partial charge in [0.15, 0.2) is 0 Å². The average Bonchev–Trinajstić information content (AvgIpc) is 3.01. The van der Waals surface area contributed by atoms with Gasteiger partial charge in [0.25, 0.3) is 0 Å². The van der Waals surface area contributed by atoms with E-state index in [4.69, 9.17) is 14.6 Å². The maximum Gasteiger partial charge on any atom is 0.490 e. The summed E-state index contributed by atoms with van der Waals surface area (Å²) in [7, 11) is 3.54. The Labute approximate surface area is 173 Å². The molecule has 168 valence electrons. The Bertz CT molecular complexity index is 725. The molecule has 2 saturated heterocycles. The molecule has 2 N–H and O–H groups in total. The van der Waals surface area contributed by atoms with E-state index in [0.717, 1.165) is 32.5 Å². The van der Waals surface area contributed by atoms with Crippen molar-refractivity contribution >= 4 is 12.0 Å². The molecule has 2 aliphatic rings. The number of urea groups is 1. The number of ether oxygens (including phenoxy) is 1. The lowest BCUT2D eigenvalue weighted by Crippen LogP contribution is -2.50. The van der Waals surface area contributed by atoms with Gasteiger partial charge in [0.05, 0.1) is 12.1 Å². The van der Waals surface area contributed by atoms with Crippen molar-refractivity contribution in [2.45, 2.75) is 50.7 Å². The second kappa shape index (κ2) is 10.1. The molecule has 3 rings (SSSR count). The number of benzene rings is 1. The van der Waals surface area contributed by atoms with Crippen LogP contribution in [0.25, 0.3) is 0 Å². The van der Waals surface area contributed by atoms with Gasteiger partial charge < -0.3 is 20.1 Å². The molecule has 10 heteroatoms. The number of hydrogen-bond acceptors (Lipinski definition) is 4. The molecule has 7 nitrogen and oxygen atoms in total. The molecule has 0 saturated carbocycles. The highest BCUT2D eigenvalue weighted by molar-refractivity contribution is 5.74. The fraction of sp³-hybridized carbons (Fsp3) is 0.600. The van der Waals surface area contributed by atoms with Gasteiger partial charge in [-0.25, -0.2) is 9.59 Å². The number of nitrogens with zero attached hydrogens (tertiary/aromatic N) is 2. The molecule has 2 amide bonds. The van der Waals surface area contributed by atoms with Crippen molar-refractivity contribution in [1.29, 1.82) is 0 Å². The van der Waals surface area contributed by atoms with E-state index in [1.807, 2.05) is 0 Å². The van der Waals surface area contributed by atoms with Crippen LogP contribution in [0, 0.1) is 6.92 Å². The summed E-state index contributed by atoms with van der Waals surface area (Å²) in [6.07, 6.45) is -2.73. The van der Waals surface area contributed by atoms with Gasteiger partial charge in [0.1, 0.15) is 0 Å². The first-order valence-electron chi connectivity index (χ1n) is 9.68. The third kappa shape index (κ3) is 6.60. The zero-order valence-electron chi connectivity index (χ0n) is 17.3. The van der Waals surface area contributed by atoms with E-state index in [9.17, 15) is 18.0 Å². The number of fused-ring (bicyclic) bond motifs is 1. The minimum absolute atomic E-state index is 0.0416. The second-order valence-electron chi connectivity index (χ2n) is 7.71. The summed E-state index contributed by atoms with van der Waals surface area (Å²) in [6, 6.07) is 9.13. The number of hydrogen-bond donors (Lipinski definition) is 2. The molecule has 1 aromatic rings. The summed E-state index contributed by atoms with van der Waals surface area (Å²) in [4.78, 5) is 25.0. The van der Waals surface area contributed by atoms with Gasteiger partial charge in [-0.1, -0.05) is 29.8 Å². The highest BCUT2D eigenvalue weighted by Gasteiger charge is 2.44. The van der Waals surface area contributed by atoms with E-state index < -0.39 is 12.1 Å². The van der Waals surface area contributed by atoms with Gasteiger partial charge in [-0.2, -0.15) is 13.2 Å². The maximum atomic E-state index is 12.0. The molecule has 0 aliphatic carbocycles. The Balaban J connectivity index is 0.000000396. The van der Waals surface area contributed by atoms with Gasteiger partial charge >= 0.3 is 18.2 Å². The van der Waals surface area contributed by atoms with Gasteiger partial charge in [-0.15, -0.1) is 0 Å². The van der Waals surface area contributed by atoms with Crippen LogP contribution in [0.4, 0.5) is 18.0 Å². The fourth-order valence-electron chi connectivity index (χ4n) is 3.58. The summed E-state index contributed by atoms with van der Waals surface area (Å²) in [5, 5.41) is 10.2. The fourth-order valence-corrected chi connectivity index (χ4v) is 3.58. The van der Waals surface area contributed by atoms with Crippen LogP contribution < -0.4 is 5.32 Å². The Kier molecular flexibility index (Phi) is 8.08. The van der Waals surface area contributed by atoms with Crippen LogP contribution >= 0.6 is 0 Å². The highest BCUT2D eigenvalue weighted by Crippen LogP contribution is 2.30. The monoisotopic (exact) mass is 431 g/mol. The first-order chi connectivity index (χ1) is 14.0. The minimum Gasteiger partial charge on any atom is -0.475 e. The smallest absolute Gasteiger partial charge is 0.475 e. The van der Waals surface area contributed by atoms with E-state index in [0.29, 0.717) is 6.04 Å². The zero-order valence-corrected chi connectivity index (χ0v) is 17.3. The van der Waals surface area contributed by atoms with Crippen molar-refractivity contribution in [3.05, 3.63) is 35.4 Å². The Morgan fingerprint density at radius 3 is 2.40 bits per heavy atom. The molecule has 2 aliphatic heterocycles. The quantitative estimate of drug-likeness (QED) is 0.769. The number of likely N-dealkylation sites (tertiary alicyclic amines) is 1. The molecule has 30 heavy (non-hydrogen) atoms. The molecule has 2 fully saturated rings. The number of carbonyl (C=O) groups excluding carboxylic acids is 1. The summed E-state index contributed by atoms with van der Waals surface area (Å²) in [5.41, 5.74) is 2.60. The molecule has 1 aromatic carbocycles.